The van der Waals surface area contributed by atoms with Crippen LogP contribution < -0.4 is 10.1 Å². The fourth-order valence-electron chi connectivity index (χ4n) is 3.08. The lowest BCUT2D eigenvalue weighted by atomic mass is 10.1. The van der Waals surface area contributed by atoms with Crippen LogP contribution >= 0.6 is 0 Å². The van der Waals surface area contributed by atoms with Crippen LogP contribution in [0.2, 0.25) is 0 Å². The molecule has 0 spiro atoms. The lowest BCUT2D eigenvalue weighted by molar-refractivity contribution is -0.145. The van der Waals surface area contributed by atoms with Gasteiger partial charge in [-0.05, 0) is 62.2 Å². The molecule has 1 N–H and O–H groups in total. The van der Waals surface area contributed by atoms with Crippen LogP contribution in [0.25, 0.3) is 12.2 Å². The van der Waals surface area contributed by atoms with Gasteiger partial charge < -0.3 is 15.0 Å². The smallest absolute Gasteiger partial charge is 0.266 e. The molecule has 0 saturated carbocycles. The number of carbonyl (C=O) groups is 1. The Balaban J connectivity index is 1.62. The number of benzene rings is 1. The highest BCUT2D eigenvalue weighted by Crippen LogP contribution is 2.22. The minimum atomic E-state index is -0.890. The van der Waals surface area contributed by atoms with Gasteiger partial charge in [0.15, 0.2) is 5.60 Å². The van der Waals surface area contributed by atoms with Gasteiger partial charge in [0.1, 0.15) is 5.75 Å². The van der Waals surface area contributed by atoms with Crippen molar-refractivity contribution < 1.29 is 9.53 Å². The molecule has 1 saturated heterocycles. The predicted octanol–water partition coefficient (Wildman–Crippen LogP) is 3.23. The van der Waals surface area contributed by atoms with Gasteiger partial charge in [0.2, 0.25) is 0 Å². The molecule has 1 aliphatic heterocycles. The van der Waals surface area contributed by atoms with E-state index in [-0.39, 0.29) is 5.91 Å². The average Bonchev–Trinajstić information content (AvgIpc) is 2.97. The molecular weight excluding hydrogens is 338 g/mol. The van der Waals surface area contributed by atoms with Crippen LogP contribution in [0.3, 0.4) is 0 Å². The molecule has 27 heavy (non-hydrogen) atoms. The number of hydrogen-bond acceptors (Lipinski definition) is 4. The van der Waals surface area contributed by atoms with Crippen LogP contribution in [0.5, 0.6) is 5.75 Å². The Hall–Kier alpha value is -2.66. The van der Waals surface area contributed by atoms with Gasteiger partial charge in [0.05, 0.1) is 0 Å². The average molecular weight is 365 g/mol. The summed E-state index contributed by atoms with van der Waals surface area (Å²) in [7, 11) is 0. The van der Waals surface area contributed by atoms with Crippen LogP contribution in [0.4, 0.5) is 0 Å². The SMILES string of the molecule is CC(C)(Oc1ccc(/C=C/c2ccncc2)cc1)C(=O)N1CCCNCC1. The molecule has 1 aromatic carbocycles. The van der Waals surface area contributed by atoms with Crippen molar-refractivity contribution in [2.24, 2.45) is 0 Å². The fourth-order valence-corrected chi connectivity index (χ4v) is 3.08. The molecule has 5 heteroatoms. The van der Waals surface area contributed by atoms with E-state index in [1.807, 2.05) is 67.3 Å². The lowest BCUT2D eigenvalue weighted by Crippen LogP contribution is -2.49. The molecular formula is C22H27N3O2. The van der Waals surface area contributed by atoms with E-state index in [9.17, 15) is 4.79 Å². The monoisotopic (exact) mass is 365 g/mol. The Morgan fingerprint density at radius 1 is 1.04 bits per heavy atom. The molecule has 0 aliphatic carbocycles. The first kappa shape index (κ1) is 19.1. The van der Waals surface area contributed by atoms with Crippen molar-refractivity contribution in [2.45, 2.75) is 25.9 Å². The van der Waals surface area contributed by atoms with Crippen molar-refractivity contribution >= 4 is 18.1 Å². The first-order chi connectivity index (χ1) is 13.0. The van der Waals surface area contributed by atoms with Gasteiger partial charge in [-0.25, -0.2) is 0 Å². The highest BCUT2D eigenvalue weighted by Gasteiger charge is 2.34. The van der Waals surface area contributed by atoms with E-state index in [2.05, 4.69) is 10.3 Å². The van der Waals surface area contributed by atoms with Gasteiger partial charge in [-0.2, -0.15) is 0 Å². The molecule has 0 unspecified atom stereocenters. The number of hydrogen-bond donors (Lipinski definition) is 1. The van der Waals surface area contributed by atoms with Crippen molar-refractivity contribution in [3.63, 3.8) is 0 Å². The maximum Gasteiger partial charge on any atom is 0.266 e. The summed E-state index contributed by atoms with van der Waals surface area (Å²) in [6, 6.07) is 11.7. The molecule has 0 atom stereocenters. The van der Waals surface area contributed by atoms with E-state index < -0.39 is 5.60 Å². The molecule has 142 valence electrons. The summed E-state index contributed by atoms with van der Waals surface area (Å²) in [5.41, 5.74) is 1.28. The van der Waals surface area contributed by atoms with E-state index in [0.717, 1.165) is 43.7 Å². The Morgan fingerprint density at radius 2 is 1.70 bits per heavy atom. The molecule has 2 heterocycles. The number of nitrogens with zero attached hydrogens (tertiary/aromatic N) is 2. The summed E-state index contributed by atoms with van der Waals surface area (Å²) >= 11 is 0. The summed E-state index contributed by atoms with van der Waals surface area (Å²) in [6.07, 6.45) is 8.60. The second kappa shape index (κ2) is 8.82. The first-order valence-corrected chi connectivity index (χ1v) is 9.42. The van der Waals surface area contributed by atoms with Gasteiger partial charge in [0.25, 0.3) is 5.91 Å². The molecule has 3 rings (SSSR count). The van der Waals surface area contributed by atoms with Crippen LogP contribution in [-0.4, -0.2) is 47.6 Å². The van der Waals surface area contributed by atoms with Crippen molar-refractivity contribution in [3.8, 4) is 5.75 Å². The fraction of sp³-hybridized carbons (Fsp3) is 0.364. The molecule has 5 nitrogen and oxygen atoms in total. The maximum atomic E-state index is 12.9. The standard InChI is InChI=1S/C22H27N3O2/c1-22(2,21(26)25-16-3-12-23-15-17-25)27-20-8-6-18(7-9-20)4-5-19-10-13-24-14-11-19/h4-11,13-14,23H,3,12,15-17H2,1-2H3/b5-4+. The number of pyridine rings is 1. The summed E-state index contributed by atoms with van der Waals surface area (Å²) in [5.74, 6) is 0.732. The quantitative estimate of drug-likeness (QED) is 0.884. The zero-order valence-corrected chi connectivity index (χ0v) is 16.0. The van der Waals surface area contributed by atoms with Gasteiger partial charge in [0, 0.05) is 32.0 Å². The lowest BCUT2D eigenvalue weighted by Gasteiger charge is -2.31. The van der Waals surface area contributed by atoms with Crippen molar-refractivity contribution in [1.29, 1.82) is 0 Å². The normalized spacial score (nSPS) is 15.6. The third kappa shape index (κ3) is 5.41. The summed E-state index contributed by atoms with van der Waals surface area (Å²) < 4.78 is 6.03. The second-order valence-corrected chi connectivity index (χ2v) is 7.19. The first-order valence-electron chi connectivity index (χ1n) is 9.42. The third-order valence-electron chi connectivity index (χ3n) is 4.57. The maximum absolute atomic E-state index is 12.9. The zero-order chi connectivity index (χ0) is 19.1. The van der Waals surface area contributed by atoms with Crippen molar-refractivity contribution in [3.05, 3.63) is 59.9 Å². The Kier molecular flexibility index (Phi) is 6.24. The molecule has 1 aliphatic rings. The molecule has 1 fully saturated rings. The van der Waals surface area contributed by atoms with Gasteiger partial charge in [-0.15, -0.1) is 0 Å². The van der Waals surface area contributed by atoms with E-state index >= 15 is 0 Å². The van der Waals surface area contributed by atoms with E-state index in [1.165, 1.54) is 0 Å². The highest BCUT2D eigenvalue weighted by molar-refractivity contribution is 5.85. The van der Waals surface area contributed by atoms with Crippen molar-refractivity contribution in [2.75, 3.05) is 26.2 Å². The summed E-state index contributed by atoms with van der Waals surface area (Å²) in [5, 5.41) is 3.32. The third-order valence-corrected chi connectivity index (χ3v) is 4.57. The zero-order valence-electron chi connectivity index (χ0n) is 16.0. The van der Waals surface area contributed by atoms with Crippen LogP contribution in [0.15, 0.2) is 48.8 Å². The number of aromatic nitrogens is 1. The number of amides is 1. The summed E-state index contributed by atoms with van der Waals surface area (Å²) in [4.78, 5) is 18.8. The number of ether oxygens (including phenoxy) is 1. The minimum Gasteiger partial charge on any atom is -0.478 e. The molecule has 2 aromatic rings. The molecule has 0 radical (unpaired) electrons. The Morgan fingerprint density at radius 3 is 2.41 bits per heavy atom. The summed E-state index contributed by atoms with van der Waals surface area (Å²) in [6.45, 7) is 6.97. The van der Waals surface area contributed by atoms with Crippen LogP contribution in [0.1, 0.15) is 31.4 Å². The predicted molar refractivity (Wildman–Crippen MR) is 108 cm³/mol. The Bertz CT molecular complexity index is 762. The van der Waals surface area contributed by atoms with Crippen LogP contribution in [-0.2, 0) is 4.79 Å². The van der Waals surface area contributed by atoms with Gasteiger partial charge in [-0.1, -0.05) is 24.3 Å². The molecule has 1 aromatic heterocycles. The van der Waals surface area contributed by atoms with Crippen molar-refractivity contribution in [1.82, 2.24) is 15.2 Å². The van der Waals surface area contributed by atoms with E-state index in [0.29, 0.717) is 5.75 Å². The van der Waals surface area contributed by atoms with E-state index in [4.69, 9.17) is 4.74 Å². The van der Waals surface area contributed by atoms with Gasteiger partial charge in [-0.3, -0.25) is 9.78 Å². The number of nitrogens with one attached hydrogen (secondary N) is 1. The molecule has 0 bridgehead atoms. The topological polar surface area (TPSA) is 54.5 Å². The van der Waals surface area contributed by atoms with Gasteiger partial charge >= 0.3 is 0 Å². The Labute approximate surface area is 161 Å². The minimum absolute atomic E-state index is 0.0351. The van der Waals surface area contributed by atoms with E-state index in [1.54, 1.807) is 12.4 Å². The second-order valence-electron chi connectivity index (χ2n) is 7.19. The van der Waals surface area contributed by atoms with Crippen LogP contribution in [0, 0.1) is 0 Å². The molecule has 1 amide bonds. The number of rotatable bonds is 5. The number of carbonyl (C=O) groups excluding carboxylic acids is 1. The largest absolute Gasteiger partial charge is 0.478 e. The highest BCUT2D eigenvalue weighted by atomic mass is 16.5.